The number of rotatable bonds is 5. The molecule has 1 aliphatic rings. The van der Waals surface area contributed by atoms with Crippen LogP contribution in [0.1, 0.15) is 31.2 Å². The molecule has 0 aromatic carbocycles. The predicted molar refractivity (Wildman–Crippen MR) is 78.4 cm³/mol. The minimum atomic E-state index is 0.211. The number of hydrogen-bond donors (Lipinski definition) is 1. The lowest BCUT2D eigenvalue weighted by Gasteiger charge is -2.28. The first-order chi connectivity index (χ1) is 9.22. The zero-order valence-electron chi connectivity index (χ0n) is 11.5. The molecule has 1 aliphatic carbocycles. The molecule has 1 saturated carbocycles. The SMILES string of the molecule is CNCc1cc(Br)cnc1OC1CCCC(OC)C1. The first-order valence-corrected chi connectivity index (χ1v) is 7.50. The number of aromatic nitrogens is 1. The Morgan fingerprint density at radius 1 is 1.42 bits per heavy atom. The summed E-state index contributed by atoms with van der Waals surface area (Å²) in [7, 11) is 3.70. The first-order valence-electron chi connectivity index (χ1n) is 6.71. The number of nitrogens with one attached hydrogen (secondary N) is 1. The maximum atomic E-state index is 6.07. The van der Waals surface area contributed by atoms with Crippen LogP contribution in [0.15, 0.2) is 16.7 Å². The minimum Gasteiger partial charge on any atom is -0.474 e. The molecule has 0 saturated heterocycles. The third kappa shape index (κ3) is 4.16. The summed E-state index contributed by atoms with van der Waals surface area (Å²) in [6.07, 6.45) is 6.63. The maximum absolute atomic E-state index is 6.07. The second-order valence-electron chi connectivity index (χ2n) is 4.91. The summed E-state index contributed by atoms with van der Waals surface area (Å²) in [6.45, 7) is 0.752. The highest BCUT2D eigenvalue weighted by atomic mass is 79.9. The van der Waals surface area contributed by atoms with Crippen molar-refractivity contribution in [2.45, 2.75) is 44.4 Å². The summed E-state index contributed by atoms with van der Waals surface area (Å²) in [5, 5.41) is 3.14. The van der Waals surface area contributed by atoms with Crippen molar-refractivity contribution >= 4 is 15.9 Å². The number of hydrogen-bond acceptors (Lipinski definition) is 4. The molecule has 0 bridgehead atoms. The lowest BCUT2D eigenvalue weighted by atomic mass is 9.95. The zero-order chi connectivity index (χ0) is 13.7. The molecular formula is C14H21BrN2O2. The topological polar surface area (TPSA) is 43.4 Å². The summed E-state index contributed by atoms with van der Waals surface area (Å²) in [4.78, 5) is 4.39. The van der Waals surface area contributed by atoms with Crippen molar-refractivity contribution in [1.82, 2.24) is 10.3 Å². The zero-order valence-corrected chi connectivity index (χ0v) is 13.1. The van der Waals surface area contributed by atoms with E-state index in [9.17, 15) is 0 Å². The number of pyridine rings is 1. The van der Waals surface area contributed by atoms with Gasteiger partial charge in [0.15, 0.2) is 0 Å². The number of methoxy groups -OCH3 is 1. The van der Waals surface area contributed by atoms with Gasteiger partial charge in [-0.1, -0.05) is 0 Å². The highest BCUT2D eigenvalue weighted by Crippen LogP contribution is 2.27. The van der Waals surface area contributed by atoms with E-state index < -0.39 is 0 Å². The normalized spacial score (nSPS) is 23.3. The Hall–Kier alpha value is -0.650. The monoisotopic (exact) mass is 328 g/mol. The molecule has 2 unspecified atom stereocenters. The quantitative estimate of drug-likeness (QED) is 0.902. The van der Waals surface area contributed by atoms with Gasteiger partial charge in [-0.3, -0.25) is 0 Å². The van der Waals surface area contributed by atoms with Gasteiger partial charge in [0.05, 0.1) is 6.10 Å². The van der Waals surface area contributed by atoms with Gasteiger partial charge in [0, 0.05) is 36.3 Å². The van der Waals surface area contributed by atoms with Crippen LogP contribution in [0.5, 0.6) is 5.88 Å². The summed E-state index contributed by atoms with van der Waals surface area (Å²) in [5.41, 5.74) is 1.08. The van der Waals surface area contributed by atoms with Crippen molar-refractivity contribution in [3.63, 3.8) is 0 Å². The maximum Gasteiger partial charge on any atom is 0.218 e. The summed E-state index contributed by atoms with van der Waals surface area (Å²) in [5.74, 6) is 0.735. The Kier molecular flexibility index (Phi) is 5.60. The summed E-state index contributed by atoms with van der Waals surface area (Å²) < 4.78 is 12.5. The van der Waals surface area contributed by atoms with E-state index >= 15 is 0 Å². The van der Waals surface area contributed by atoms with Gasteiger partial charge in [-0.2, -0.15) is 0 Å². The molecule has 1 heterocycles. The smallest absolute Gasteiger partial charge is 0.218 e. The van der Waals surface area contributed by atoms with Gasteiger partial charge in [-0.15, -0.1) is 0 Å². The summed E-state index contributed by atoms with van der Waals surface area (Å²) >= 11 is 3.45. The van der Waals surface area contributed by atoms with Crippen LogP contribution in [0.2, 0.25) is 0 Å². The molecule has 19 heavy (non-hydrogen) atoms. The van der Waals surface area contributed by atoms with Crippen LogP contribution in [0.25, 0.3) is 0 Å². The van der Waals surface area contributed by atoms with E-state index in [0.717, 1.165) is 48.1 Å². The first kappa shape index (κ1) is 14.8. The van der Waals surface area contributed by atoms with Crippen molar-refractivity contribution in [1.29, 1.82) is 0 Å². The molecule has 106 valence electrons. The van der Waals surface area contributed by atoms with Crippen molar-refractivity contribution in [3.8, 4) is 5.88 Å². The molecule has 2 rings (SSSR count). The molecule has 0 spiro atoms. The largest absolute Gasteiger partial charge is 0.474 e. The Morgan fingerprint density at radius 2 is 2.21 bits per heavy atom. The van der Waals surface area contributed by atoms with Crippen LogP contribution in [0.4, 0.5) is 0 Å². The minimum absolute atomic E-state index is 0.211. The van der Waals surface area contributed by atoms with Gasteiger partial charge >= 0.3 is 0 Å². The molecule has 5 heteroatoms. The molecule has 0 amide bonds. The molecule has 1 aromatic heterocycles. The predicted octanol–water partition coefficient (Wildman–Crippen LogP) is 2.90. The molecule has 1 aromatic rings. The van der Waals surface area contributed by atoms with E-state index in [1.54, 1.807) is 13.3 Å². The lowest BCUT2D eigenvalue weighted by molar-refractivity contribution is 0.0191. The lowest BCUT2D eigenvalue weighted by Crippen LogP contribution is -2.30. The fourth-order valence-electron chi connectivity index (χ4n) is 2.47. The average Bonchev–Trinajstić information content (AvgIpc) is 2.42. The van der Waals surface area contributed by atoms with E-state index in [1.165, 1.54) is 0 Å². The highest BCUT2D eigenvalue weighted by molar-refractivity contribution is 9.10. The second-order valence-corrected chi connectivity index (χ2v) is 5.83. The molecule has 0 aliphatic heterocycles. The van der Waals surface area contributed by atoms with Crippen molar-refractivity contribution in [2.24, 2.45) is 0 Å². The highest BCUT2D eigenvalue weighted by Gasteiger charge is 2.24. The van der Waals surface area contributed by atoms with E-state index in [4.69, 9.17) is 9.47 Å². The molecule has 1 N–H and O–H groups in total. The Balaban J connectivity index is 2.05. The Labute approximate surface area is 123 Å². The second kappa shape index (κ2) is 7.22. The van der Waals surface area contributed by atoms with Gasteiger partial charge in [-0.05, 0) is 48.3 Å². The molecule has 1 fully saturated rings. The third-order valence-corrected chi connectivity index (χ3v) is 3.88. The molecule has 0 radical (unpaired) electrons. The molecule has 4 nitrogen and oxygen atoms in total. The molecule has 2 atom stereocenters. The van der Waals surface area contributed by atoms with Crippen molar-refractivity contribution in [2.75, 3.05) is 14.2 Å². The van der Waals surface area contributed by atoms with Crippen LogP contribution in [0.3, 0.4) is 0 Å². The van der Waals surface area contributed by atoms with E-state index in [1.807, 2.05) is 7.05 Å². The van der Waals surface area contributed by atoms with Crippen LogP contribution in [-0.4, -0.2) is 31.3 Å². The van der Waals surface area contributed by atoms with Crippen molar-refractivity contribution < 1.29 is 9.47 Å². The van der Waals surface area contributed by atoms with Crippen LogP contribution in [-0.2, 0) is 11.3 Å². The summed E-state index contributed by atoms with van der Waals surface area (Å²) in [6, 6.07) is 2.05. The van der Waals surface area contributed by atoms with E-state index in [0.29, 0.717) is 6.10 Å². The van der Waals surface area contributed by atoms with Crippen LogP contribution < -0.4 is 10.1 Å². The number of nitrogens with zero attached hydrogens (tertiary/aromatic N) is 1. The van der Waals surface area contributed by atoms with Crippen LogP contribution in [0, 0.1) is 0 Å². The Morgan fingerprint density at radius 3 is 2.95 bits per heavy atom. The van der Waals surface area contributed by atoms with E-state index in [2.05, 4.69) is 32.3 Å². The number of halogens is 1. The standard InChI is InChI=1S/C14H21BrN2O2/c1-16-8-10-6-11(15)9-17-14(10)19-13-5-3-4-12(7-13)18-2/h6,9,12-13,16H,3-5,7-8H2,1-2H3. The molecular weight excluding hydrogens is 308 g/mol. The van der Waals surface area contributed by atoms with Gasteiger partial charge in [0.1, 0.15) is 6.10 Å². The van der Waals surface area contributed by atoms with Gasteiger partial charge in [0.25, 0.3) is 0 Å². The van der Waals surface area contributed by atoms with Crippen molar-refractivity contribution in [3.05, 3.63) is 22.3 Å². The fraction of sp³-hybridized carbons (Fsp3) is 0.643. The van der Waals surface area contributed by atoms with Gasteiger partial charge in [-0.25, -0.2) is 4.98 Å². The average molecular weight is 329 g/mol. The number of ether oxygens (including phenoxy) is 2. The van der Waals surface area contributed by atoms with Gasteiger partial charge < -0.3 is 14.8 Å². The third-order valence-electron chi connectivity index (χ3n) is 3.45. The van der Waals surface area contributed by atoms with Crippen LogP contribution >= 0.6 is 15.9 Å². The van der Waals surface area contributed by atoms with E-state index in [-0.39, 0.29) is 6.10 Å². The van der Waals surface area contributed by atoms with Gasteiger partial charge in [0.2, 0.25) is 5.88 Å². The fourth-order valence-corrected chi connectivity index (χ4v) is 2.85. The Bertz CT molecular complexity index is 414.